The van der Waals surface area contributed by atoms with Gasteiger partial charge in [-0.15, -0.1) is 0 Å². The number of furan rings is 1. The third-order valence-electron chi connectivity index (χ3n) is 6.15. The van der Waals surface area contributed by atoms with E-state index in [9.17, 15) is 14.7 Å². The van der Waals surface area contributed by atoms with Crippen molar-refractivity contribution in [2.45, 2.75) is 45.7 Å². The van der Waals surface area contributed by atoms with E-state index in [0.29, 0.717) is 46.6 Å². The zero-order valence-electron chi connectivity index (χ0n) is 20.9. The number of carbonyl (C=O) groups is 2. The maximum atomic E-state index is 13.3. The lowest BCUT2D eigenvalue weighted by molar-refractivity contribution is -0.140. The van der Waals surface area contributed by atoms with Gasteiger partial charge in [0.05, 0.1) is 37.6 Å². The topological polar surface area (TPSA) is 89.2 Å². The molecular weight excluding hydrogens is 494 g/mol. The number of halogens is 1. The molecule has 1 aliphatic rings. The number of ether oxygens (including phenoxy) is 2. The molecule has 1 aliphatic heterocycles. The van der Waals surface area contributed by atoms with Crippen molar-refractivity contribution < 1.29 is 28.6 Å². The number of nitrogens with zero attached hydrogens (tertiary/aromatic N) is 1. The summed E-state index contributed by atoms with van der Waals surface area (Å²) in [6.45, 7) is 5.02. The Labute approximate surface area is 221 Å². The number of unbranched alkanes of at least 4 members (excludes halogenated alkanes) is 2. The predicted octanol–water partition coefficient (Wildman–Crippen LogP) is 6.52. The van der Waals surface area contributed by atoms with Crippen LogP contribution in [0.2, 0.25) is 5.02 Å². The van der Waals surface area contributed by atoms with E-state index in [4.69, 9.17) is 25.5 Å². The van der Waals surface area contributed by atoms with E-state index >= 15 is 0 Å². The number of Topliss-reactive ketones (excluding diaryl/α,β-unsaturated/α-hetero) is 1. The summed E-state index contributed by atoms with van der Waals surface area (Å²) in [7, 11) is 0. The van der Waals surface area contributed by atoms with Gasteiger partial charge in [0.2, 0.25) is 0 Å². The molecule has 2 aromatic carbocycles. The van der Waals surface area contributed by atoms with Crippen molar-refractivity contribution in [3.05, 3.63) is 88.3 Å². The average molecular weight is 524 g/mol. The van der Waals surface area contributed by atoms with Gasteiger partial charge in [0.25, 0.3) is 11.7 Å². The largest absolute Gasteiger partial charge is 0.507 e. The first-order chi connectivity index (χ1) is 17.9. The lowest BCUT2D eigenvalue weighted by Gasteiger charge is -2.25. The highest BCUT2D eigenvalue weighted by Gasteiger charge is 2.46. The first kappa shape index (κ1) is 26.4. The molecular formula is C29H30ClNO6. The Morgan fingerprint density at radius 1 is 1.03 bits per heavy atom. The van der Waals surface area contributed by atoms with Crippen molar-refractivity contribution in [2.24, 2.45) is 0 Å². The summed E-state index contributed by atoms with van der Waals surface area (Å²) in [5.41, 5.74) is 0.967. The fraction of sp³-hybridized carbons (Fsp3) is 0.310. The fourth-order valence-corrected chi connectivity index (χ4v) is 4.47. The summed E-state index contributed by atoms with van der Waals surface area (Å²) in [5, 5.41) is 11.7. The third-order valence-corrected chi connectivity index (χ3v) is 6.40. The molecule has 1 saturated heterocycles. The van der Waals surface area contributed by atoms with E-state index in [0.717, 1.165) is 19.3 Å². The molecule has 1 amide bonds. The minimum absolute atomic E-state index is 0.0158. The molecule has 0 saturated carbocycles. The monoisotopic (exact) mass is 523 g/mol. The van der Waals surface area contributed by atoms with E-state index in [-0.39, 0.29) is 17.9 Å². The van der Waals surface area contributed by atoms with Crippen molar-refractivity contribution in [3.63, 3.8) is 0 Å². The summed E-state index contributed by atoms with van der Waals surface area (Å²) in [4.78, 5) is 27.9. The van der Waals surface area contributed by atoms with Crippen LogP contribution >= 0.6 is 11.6 Å². The molecule has 0 aliphatic carbocycles. The standard InChI is InChI=1S/C29H30ClNO6/c1-3-5-6-15-37-23-14-11-20(17-24(23)35-4-2)26-25(27(32)19-9-12-21(30)13-10-19)28(33)29(34)31(26)18-22-8-7-16-36-22/h7-14,16-17,26,32H,3-6,15,18H2,1-2H3/b27-25+. The molecule has 0 radical (unpaired) electrons. The second kappa shape index (κ2) is 12.0. The number of benzene rings is 2. The number of hydrogen-bond donors (Lipinski definition) is 1. The van der Waals surface area contributed by atoms with Crippen LogP contribution in [0.5, 0.6) is 11.5 Å². The molecule has 1 aromatic heterocycles. The molecule has 7 nitrogen and oxygen atoms in total. The summed E-state index contributed by atoms with van der Waals surface area (Å²) in [6, 6.07) is 14.3. The Morgan fingerprint density at radius 2 is 1.81 bits per heavy atom. The van der Waals surface area contributed by atoms with Gasteiger partial charge in [-0.3, -0.25) is 9.59 Å². The Kier molecular flexibility index (Phi) is 8.56. The highest BCUT2D eigenvalue weighted by atomic mass is 35.5. The molecule has 1 fully saturated rings. The molecule has 3 aromatic rings. The van der Waals surface area contributed by atoms with Gasteiger partial charge in [-0.2, -0.15) is 0 Å². The summed E-state index contributed by atoms with van der Waals surface area (Å²) >= 11 is 6.01. The minimum atomic E-state index is -0.867. The smallest absolute Gasteiger partial charge is 0.296 e. The predicted molar refractivity (Wildman–Crippen MR) is 141 cm³/mol. The Hall–Kier alpha value is -3.71. The maximum absolute atomic E-state index is 13.3. The molecule has 8 heteroatoms. The van der Waals surface area contributed by atoms with Crippen LogP contribution in [0.4, 0.5) is 0 Å². The van der Waals surface area contributed by atoms with Crippen molar-refractivity contribution in [1.82, 2.24) is 4.90 Å². The molecule has 37 heavy (non-hydrogen) atoms. The van der Waals surface area contributed by atoms with Gasteiger partial charge in [0.1, 0.15) is 11.5 Å². The third kappa shape index (κ3) is 5.83. The SMILES string of the molecule is CCCCCOc1ccc(C2/C(=C(\O)c3ccc(Cl)cc3)C(=O)C(=O)N2Cc2ccco2)cc1OCC. The molecule has 0 spiro atoms. The van der Waals surface area contributed by atoms with Crippen LogP contribution in [0.15, 0.2) is 70.9 Å². The Bertz CT molecular complexity index is 1270. The van der Waals surface area contributed by atoms with E-state index < -0.39 is 17.7 Å². The lowest BCUT2D eigenvalue weighted by Crippen LogP contribution is -2.29. The summed E-state index contributed by atoms with van der Waals surface area (Å²) in [6.07, 6.45) is 4.58. The molecule has 0 bridgehead atoms. The van der Waals surface area contributed by atoms with Gasteiger partial charge in [-0.1, -0.05) is 37.4 Å². The second-order valence-corrected chi connectivity index (χ2v) is 9.14. The van der Waals surface area contributed by atoms with Crippen LogP contribution < -0.4 is 9.47 Å². The number of ketones is 1. The molecule has 194 valence electrons. The zero-order valence-corrected chi connectivity index (χ0v) is 21.7. The average Bonchev–Trinajstić information content (AvgIpc) is 3.50. The number of amides is 1. The van der Waals surface area contributed by atoms with Crippen molar-refractivity contribution >= 4 is 29.1 Å². The highest BCUT2D eigenvalue weighted by molar-refractivity contribution is 6.46. The molecule has 4 rings (SSSR count). The molecule has 1 N–H and O–H groups in total. The molecule has 1 unspecified atom stereocenters. The van der Waals surface area contributed by atoms with Gasteiger partial charge in [0.15, 0.2) is 11.5 Å². The van der Waals surface area contributed by atoms with E-state index in [1.54, 1.807) is 54.6 Å². The summed E-state index contributed by atoms with van der Waals surface area (Å²) < 4.78 is 17.3. The lowest BCUT2D eigenvalue weighted by atomic mass is 9.95. The van der Waals surface area contributed by atoms with Gasteiger partial charge >= 0.3 is 0 Å². The van der Waals surface area contributed by atoms with Crippen molar-refractivity contribution in [3.8, 4) is 11.5 Å². The fourth-order valence-electron chi connectivity index (χ4n) is 4.34. The molecule has 2 heterocycles. The van der Waals surface area contributed by atoms with Crippen LogP contribution in [0, 0.1) is 0 Å². The minimum Gasteiger partial charge on any atom is -0.507 e. The van der Waals surface area contributed by atoms with Crippen LogP contribution in [-0.4, -0.2) is 34.9 Å². The van der Waals surface area contributed by atoms with Crippen molar-refractivity contribution in [1.29, 1.82) is 0 Å². The van der Waals surface area contributed by atoms with Gasteiger partial charge in [-0.05, 0) is 67.4 Å². The van der Waals surface area contributed by atoms with Gasteiger partial charge in [-0.25, -0.2) is 0 Å². The second-order valence-electron chi connectivity index (χ2n) is 8.71. The molecule has 1 atom stereocenters. The zero-order chi connectivity index (χ0) is 26.4. The van der Waals surface area contributed by atoms with Crippen LogP contribution in [0.3, 0.4) is 0 Å². The quantitative estimate of drug-likeness (QED) is 0.133. The van der Waals surface area contributed by atoms with Crippen LogP contribution in [-0.2, 0) is 16.1 Å². The van der Waals surface area contributed by atoms with Crippen molar-refractivity contribution in [2.75, 3.05) is 13.2 Å². The highest BCUT2D eigenvalue weighted by Crippen LogP contribution is 2.43. The van der Waals surface area contributed by atoms with Gasteiger partial charge in [0, 0.05) is 10.6 Å². The van der Waals surface area contributed by atoms with Gasteiger partial charge < -0.3 is 23.9 Å². The normalized spacial score (nSPS) is 16.8. The first-order valence-electron chi connectivity index (χ1n) is 12.4. The number of aliphatic hydroxyl groups excluding tert-OH is 1. The maximum Gasteiger partial charge on any atom is 0.296 e. The first-order valence-corrected chi connectivity index (χ1v) is 12.8. The number of likely N-dealkylation sites (tertiary alicyclic amines) is 1. The van der Waals surface area contributed by atoms with Crippen LogP contribution in [0.25, 0.3) is 5.76 Å². The number of hydrogen-bond acceptors (Lipinski definition) is 6. The van der Waals surface area contributed by atoms with E-state index in [1.165, 1.54) is 11.2 Å². The number of carbonyl (C=O) groups excluding carboxylic acids is 2. The number of rotatable bonds is 11. The summed E-state index contributed by atoms with van der Waals surface area (Å²) in [5.74, 6) is -0.176. The number of aliphatic hydroxyl groups is 1. The van der Waals surface area contributed by atoms with E-state index in [1.807, 2.05) is 6.92 Å². The Balaban J connectivity index is 1.79. The van der Waals surface area contributed by atoms with E-state index in [2.05, 4.69) is 6.92 Å². The van der Waals surface area contributed by atoms with Crippen LogP contribution in [0.1, 0.15) is 56.0 Å². The Morgan fingerprint density at radius 3 is 2.49 bits per heavy atom.